The number of likely N-dealkylation sites (tertiary alicyclic amines) is 2. The van der Waals surface area contributed by atoms with Crippen LogP contribution in [0.25, 0.3) is 44.5 Å². The number of imidazole rings is 2. The lowest BCUT2D eigenvalue weighted by Crippen LogP contribution is -2.51. The Kier molecular flexibility index (Phi) is 15.3. The third-order valence-corrected chi connectivity index (χ3v) is 13.8. The van der Waals surface area contributed by atoms with E-state index >= 15 is 0 Å². The minimum atomic E-state index is -0.752. The van der Waals surface area contributed by atoms with E-state index in [1.807, 2.05) is 61.8 Å². The molecular weight excluding hydrogens is 897 g/mol. The third-order valence-electron chi connectivity index (χ3n) is 13.8. The number of fused-ring (bicyclic) bond motifs is 1. The smallest absolute Gasteiger partial charge is 0.407 e. The number of carbonyl (C=O) groups is 4. The lowest BCUT2D eigenvalue weighted by atomic mass is 9.97. The fourth-order valence-corrected chi connectivity index (χ4v) is 9.74. The van der Waals surface area contributed by atoms with Gasteiger partial charge in [0.15, 0.2) is 11.5 Å². The van der Waals surface area contributed by atoms with Crippen molar-refractivity contribution in [2.45, 2.75) is 84.0 Å². The molecule has 0 unspecified atom stereocenters. The van der Waals surface area contributed by atoms with Gasteiger partial charge in [-0.2, -0.15) is 0 Å². The molecule has 1 saturated carbocycles. The Hall–Kier alpha value is -6.66. The van der Waals surface area contributed by atoms with Gasteiger partial charge in [0.1, 0.15) is 36.9 Å². The first-order valence-electron chi connectivity index (χ1n) is 24.1. The normalized spacial score (nSPS) is 18.1. The highest BCUT2D eigenvalue weighted by atomic mass is 16.6. The average Bonchev–Trinajstić information content (AvgIpc) is 3.85. The highest BCUT2D eigenvalue weighted by molar-refractivity contribution is 5.88. The monoisotopic (exact) mass is 962 g/mol. The first kappa shape index (κ1) is 49.8. The summed E-state index contributed by atoms with van der Waals surface area (Å²) in [5, 5.41) is 5.47. The Bertz CT molecular complexity index is 2660. The topological polar surface area (TPSA) is 212 Å². The Morgan fingerprint density at radius 1 is 0.700 bits per heavy atom. The highest BCUT2D eigenvalue weighted by Gasteiger charge is 2.55. The number of carbonyl (C=O) groups excluding carboxylic acids is 4. The molecule has 2 aromatic heterocycles. The number of hydrogen-bond donors (Lipinski definition) is 4. The summed E-state index contributed by atoms with van der Waals surface area (Å²) in [5.74, 6) is 1.79. The fraction of sp³-hybridized carbons (Fsp3) is 0.500. The van der Waals surface area contributed by atoms with E-state index in [4.69, 9.17) is 38.4 Å². The molecule has 4 atom stereocenters. The lowest BCUT2D eigenvalue weighted by molar-refractivity contribution is -0.136. The Morgan fingerprint density at radius 2 is 1.29 bits per heavy atom. The molecule has 0 radical (unpaired) electrons. The number of nitrogens with zero attached hydrogens (tertiary/aromatic N) is 4. The van der Waals surface area contributed by atoms with Crippen LogP contribution in [0.15, 0.2) is 60.8 Å². The van der Waals surface area contributed by atoms with Crippen LogP contribution < -0.4 is 20.1 Å². The van der Waals surface area contributed by atoms with Crippen LogP contribution in [0.4, 0.5) is 9.59 Å². The first-order valence-corrected chi connectivity index (χ1v) is 24.1. The second-order valence-electron chi connectivity index (χ2n) is 19.2. The Morgan fingerprint density at radius 3 is 1.89 bits per heavy atom. The van der Waals surface area contributed by atoms with Gasteiger partial charge in [-0.05, 0) is 90.3 Å². The SMILES string of the molecule is COCCOc1c(-c2ccc(-c3ccc4nc([C@@H]5CCCN5C(=O)[C@@H](NC(=O)OC)C(C)C)[nH]c4c3)cc2)ccc(-c2cnc([C@@H]3CC4(CC4)CN3C(=O)[C@@H](NC(=O)OC)C(C)C)[nH]2)c1OCCOC. The van der Waals surface area contributed by atoms with Crippen LogP contribution in [0, 0.1) is 17.3 Å². The molecule has 3 fully saturated rings. The molecular formula is C52H66N8O10. The van der Waals surface area contributed by atoms with Crippen LogP contribution >= 0.6 is 0 Å². The van der Waals surface area contributed by atoms with Crippen molar-refractivity contribution in [1.29, 1.82) is 0 Å². The number of rotatable bonds is 19. The van der Waals surface area contributed by atoms with Gasteiger partial charge in [0.2, 0.25) is 11.8 Å². The zero-order valence-electron chi connectivity index (χ0n) is 41.4. The highest BCUT2D eigenvalue weighted by Crippen LogP contribution is 2.58. The van der Waals surface area contributed by atoms with E-state index in [0.717, 1.165) is 71.0 Å². The van der Waals surface area contributed by atoms with Gasteiger partial charge >= 0.3 is 12.2 Å². The van der Waals surface area contributed by atoms with Crippen LogP contribution in [0.3, 0.4) is 0 Å². The number of aromatic amines is 2. The number of methoxy groups -OCH3 is 4. The number of alkyl carbamates (subject to hydrolysis) is 2. The summed E-state index contributed by atoms with van der Waals surface area (Å²) in [7, 11) is 5.83. The molecule has 5 aromatic rings. The minimum Gasteiger partial charge on any atom is -0.487 e. The van der Waals surface area contributed by atoms with E-state index in [1.165, 1.54) is 14.2 Å². The summed E-state index contributed by atoms with van der Waals surface area (Å²) >= 11 is 0. The van der Waals surface area contributed by atoms with Gasteiger partial charge in [0.05, 0.1) is 62.4 Å². The van der Waals surface area contributed by atoms with Crippen molar-refractivity contribution >= 4 is 35.0 Å². The molecule has 1 aliphatic carbocycles. The maximum absolute atomic E-state index is 14.2. The van der Waals surface area contributed by atoms with Gasteiger partial charge < -0.3 is 58.8 Å². The molecule has 0 bridgehead atoms. The number of hydrogen-bond acceptors (Lipinski definition) is 12. The molecule has 4 amide bonds. The first-order chi connectivity index (χ1) is 33.8. The molecule has 4 heterocycles. The number of ether oxygens (including phenoxy) is 6. The van der Waals surface area contributed by atoms with Crippen molar-refractivity contribution in [3.8, 4) is 45.0 Å². The molecule has 18 heteroatoms. The molecule has 3 aliphatic rings. The summed E-state index contributed by atoms with van der Waals surface area (Å²) in [4.78, 5) is 72.9. The van der Waals surface area contributed by atoms with Gasteiger partial charge in [0.25, 0.3) is 0 Å². The maximum atomic E-state index is 14.2. The van der Waals surface area contributed by atoms with Crippen molar-refractivity contribution in [3.63, 3.8) is 0 Å². The van der Waals surface area contributed by atoms with E-state index in [1.54, 1.807) is 20.4 Å². The molecule has 8 rings (SSSR count). The van der Waals surface area contributed by atoms with Gasteiger partial charge in [-0.25, -0.2) is 19.6 Å². The molecule has 2 saturated heterocycles. The van der Waals surface area contributed by atoms with Crippen LogP contribution in [0.2, 0.25) is 0 Å². The molecule has 374 valence electrons. The predicted molar refractivity (Wildman–Crippen MR) is 262 cm³/mol. The Balaban J connectivity index is 1.07. The summed E-state index contributed by atoms with van der Waals surface area (Å²) in [6, 6.07) is 16.3. The number of amides is 4. The molecule has 4 N–H and O–H groups in total. The summed E-state index contributed by atoms with van der Waals surface area (Å²) < 4.78 is 33.5. The zero-order valence-corrected chi connectivity index (χ0v) is 41.4. The van der Waals surface area contributed by atoms with Gasteiger partial charge in [-0.3, -0.25) is 9.59 Å². The van der Waals surface area contributed by atoms with E-state index < -0.39 is 24.3 Å². The van der Waals surface area contributed by atoms with Crippen LogP contribution in [-0.2, 0) is 28.5 Å². The fourth-order valence-electron chi connectivity index (χ4n) is 9.74. The summed E-state index contributed by atoms with van der Waals surface area (Å²) in [5.41, 5.74) is 6.77. The standard InChI is InChI=1S/C52H66N8O10/c1-30(2)42(57-50(63)67-7)48(61)59-21-9-10-40(59)47-54-37-18-15-34(26-38(37)55-47)32-11-13-33(14-12-32)35-16-17-36(45(70-25-23-66-6)44(35)69-24-22-65-5)39-28-53-46(56-39)41-27-52(19-20-52)29-60(41)49(62)43(31(3)4)58-51(64)68-8/h11-18,26,28,30-31,40-43H,9-10,19-25,27,29H2,1-8H3,(H,53,56)(H,54,55)(H,57,63)(H,58,64)/t40-,41-,42-,43-/m0/s1. The zero-order chi connectivity index (χ0) is 49.7. The third kappa shape index (κ3) is 10.6. The number of H-pyrrole nitrogens is 2. The minimum absolute atomic E-state index is 0.0366. The van der Waals surface area contributed by atoms with Crippen molar-refractivity contribution < 1.29 is 47.6 Å². The summed E-state index contributed by atoms with van der Waals surface area (Å²) in [6.45, 7) is 9.98. The van der Waals surface area contributed by atoms with Gasteiger partial charge in [0, 0.05) is 38.4 Å². The van der Waals surface area contributed by atoms with Crippen LogP contribution in [0.5, 0.6) is 11.5 Å². The van der Waals surface area contributed by atoms with Crippen molar-refractivity contribution in [3.05, 3.63) is 72.4 Å². The van der Waals surface area contributed by atoms with E-state index in [-0.39, 0.29) is 54.4 Å². The van der Waals surface area contributed by atoms with Crippen molar-refractivity contribution in [1.82, 2.24) is 40.4 Å². The molecule has 18 nitrogen and oxygen atoms in total. The van der Waals surface area contributed by atoms with Gasteiger partial charge in [-0.1, -0.05) is 58.0 Å². The molecule has 1 spiro atoms. The predicted octanol–water partition coefficient (Wildman–Crippen LogP) is 7.82. The molecule has 70 heavy (non-hydrogen) atoms. The summed E-state index contributed by atoms with van der Waals surface area (Å²) in [6.07, 6.45) is 4.89. The molecule has 3 aromatic carbocycles. The number of aromatic nitrogens is 4. The number of nitrogens with one attached hydrogen (secondary N) is 4. The molecule has 2 aliphatic heterocycles. The van der Waals surface area contributed by atoms with Gasteiger partial charge in [-0.15, -0.1) is 0 Å². The quantitative estimate of drug-likeness (QED) is 0.0584. The second-order valence-corrected chi connectivity index (χ2v) is 19.2. The van der Waals surface area contributed by atoms with E-state index in [2.05, 4.69) is 50.9 Å². The van der Waals surface area contributed by atoms with E-state index in [0.29, 0.717) is 55.1 Å². The average molecular weight is 963 g/mol. The van der Waals surface area contributed by atoms with Crippen molar-refractivity contribution in [2.24, 2.45) is 17.3 Å². The lowest BCUT2D eigenvalue weighted by Gasteiger charge is -2.30. The number of benzene rings is 3. The van der Waals surface area contributed by atoms with Crippen LogP contribution in [0.1, 0.15) is 83.5 Å². The van der Waals surface area contributed by atoms with Crippen molar-refractivity contribution in [2.75, 3.05) is 68.0 Å². The largest absolute Gasteiger partial charge is 0.487 e. The Labute approximate surface area is 408 Å². The second kappa shape index (κ2) is 21.5. The van der Waals surface area contributed by atoms with E-state index in [9.17, 15) is 19.2 Å². The van der Waals surface area contributed by atoms with Crippen LogP contribution in [-0.4, -0.2) is 134 Å². The maximum Gasteiger partial charge on any atom is 0.407 e.